The zero-order valence-corrected chi connectivity index (χ0v) is 24.7. The molecule has 1 fully saturated rings. The molecule has 3 N–H and O–H groups in total. The summed E-state index contributed by atoms with van der Waals surface area (Å²) in [4.78, 5) is 23.9. The highest BCUT2D eigenvalue weighted by Crippen LogP contribution is 2.41. The molecule has 0 unspecified atom stereocenters. The van der Waals surface area contributed by atoms with E-state index in [1.54, 1.807) is 24.4 Å². The first-order valence-electron chi connectivity index (χ1n) is 12.5. The van der Waals surface area contributed by atoms with Gasteiger partial charge in [0.25, 0.3) is 10.0 Å². The van der Waals surface area contributed by atoms with Gasteiger partial charge in [0.1, 0.15) is 0 Å². The number of nitrogens with zero attached hydrogens (tertiary/aromatic N) is 3. The van der Waals surface area contributed by atoms with Crippen molar-refractivity contribution in [3.63, 3.8) is 0 Å². The van der Waals surface area contributed by atoms with Crippen LogP contribution in [0.1, 0.15) is 25.7 Å². The molecule has 0 radical (unpaired) electrons. The second-order valence-corrected chi connectivity index (χ2v) is 12.4. The standard InChI is InChI=1S/C27H24Cl3N5O5S/c1-40-25-22(11-17(28)13-31-25)41(38,39)35-21-9-7-19(29)23(24(21)30)15-4-8-20-16(10-15)12-32-27(34-20)33-18-5-2-14(3-6-18)26(36)37/h4,7-14,18,35H,2-3,5-6H2,1H3,(H,36,37)(H,32,33,34). The Labute approximate surface area is 251 Å². The van der Waals surface area contributed by atoms with Gasteiger partial charge in [0.15, 0.2) is 4.90 Å². The molecule has 10 nitrogen and oxygen atoms in total. The van der Waals surface area contributed by atoms with Crippen LogP contribution in [-0.4, -0.2) is 47.6 Å². The average molecular weight is 637 g/mol. The Hall–Kier alpha value is -3.38. The predicted octanol–water partition coefficient (Wildman–Crippen LogP) is 6.52. The highest BCUT2D eigenvalue weighted by molar-refractivity contribution is 7.92. The molecule has 1 aliphatic carbocycles. The Morgan fingerprint density at radius 1 is 1.02 bits per heavy atom. The number of carboxylic acid groups (broad SMARTS) is 1. The lowest BCUT2D eigenvalue weighted by atomic mass is 9.86. The molecule has 0 spiro atoms. The number of rotatable bonds is 8. The molecule has 41 heavy (non-hydrogen) atoms. The van der Waals surface area contributed by atoms with Crippen LogP contribution in [0.3, 0.4) is 0 Å². The third kappa shape index (κ3) is 6.28. The van der Waals surface area contributed by atoms with Gasteiger partial charge in [-0.05, 0) is 61.6 Å². The van der Waals surface area contributed by atoms with E-state index in [2.05, 4.69) is 25.0 Å². The zero-order valence-electron chi connectivity index (χ0n) is 21.6. The van der Waals surface area contributed by atoms with E-state index >= 15 is 0 Å². The largest absolute Gasteiger partial charge is 0.481 e. The molecule has 0 aliphatic heterocycles. The lowest BCUT2D eigenvalue weighted by Gasteiger charge is -2.26. The number of anilines is 2. The van der Waals surface area contributed by atoms with Gasteiger partial charge < -0.3 is 15.2 Å². The molecule has 0 atom stereocenters. The molecule has 0 bridgehead atoms. The van der Waals surface area contributed by atoms with Crippen molar-refractivity contribution in [2.45, 2.75) is 36.6 Å². The number of carboxylic acids is 1. The number of carbonyl (C=O) groups is 1. The summed E-state index contributed by atoms with van der Waals surface area (Å²) in [5.74, 6) is -0.706. The zero-order chi connectivity index (χ0) is 29.3. The summed E-state index contributed by atoms with van der Waals surface area (Å²) in [5, 5.41) is 13.8. The number of benzene rings is 2. The molecule has 1 saturated carbocycles. The Morgan fingerprint density at radius 2 is 1.78 bits per heavy atom. The Bertz CT molecular complexity index is 1750. The number of fused-ring (bicyclic) bond motifs is 1. The smallest absolute Gasteiger partial charge is 0.306 e. The molecular weight excluding hydrogens is 613 g/mol. The number of pyridine rings is 1. The van der Waals surface area contributed by atoms with Crippen LogP contribution in [0.25, 0.3) is 22.0 Å². The van der Waals surface area contributed by atoms with Crippen molar-refractivity contribution in [2.75, 3.05) is 17.1 Å². The van der Waals surface area contributed by atoms with Crippen LogP contribution >= 0.6 is 34.8 Å². The molecule has 2 heterocycles. The van der Waals surface area contributed by atoms with Gasteiger partial charge in [-0.15, -0.1) is 0 Å². The Kier molecular flexibility index (Phi) is 8.42. The molecule has 1 aliphatic rings. The van der Waals surface area contributed by atoms with Gasteiger partial charge in [0, 0.05) is 29.4 Å². The van der Waals surface area contributed by atoms with E-state index in [-0.39, 0.29) is 38.5 Å². The maximum absolute atomic E-state index is 13.2. The minimum absolute atomic E-state index is 0.0885. The quantitative estimate of drug-likeness (QED) is 0.197. The van der Waals surface area contributed by atoms with Gasteiger partial charge in [0.05, 0.1) is 39.3 Å². The van der Waals surface area contributed by atoms with Crippen molar-refractivity contribution in [1.29, 1.82) is 0 Å². The van der Waals surface area contributed by atoms with Gasteiger partial charge >= 0.3 is 5.97 Å². The third-order valence-electron chi connectivity index (χ3n) is 6.88. The van der Waals surface area contributed by atoms with Crippen molar-refractivity contribution >= 4 is 73.3 Å². The van der Waals surface area contributed by atoms with Crippen molar-refractivity contribution in [2.24, 2.45) is 5.92 Å². The number of aliphatic carboxylic acids is 1. The third-order valence-corrected chi connectivity index (χ3v) is 9.16. The number of nitrogens with one attached hydrogen (secondary N) is 2. The van der Waals surface area contributed by atoms with E-state index < -0.39 is 16.0 Å². The van der Waals surface area contributed by atoms with Gasteiger partial charge in [-0.3, -0.25) is 9.52 Å². The summed E-state index contributed by atoms with van der Waals surface area (Å²) in [6.45, 7) is 0. The van der Waals surface area contributed by atoms with E-state index in [1.165, 1.54) is 25.4 Å². The lowest BCUT2D eigenvalue weighted by Crippen LogP contribution is -2.29. The highest BCUT2D eigenvalue weighted by atomic mass is 35.5. The van der Waals surface area contributed by atoms with Crippen LogP contribution < -0.4 is 14.8 Å². The van der Waals surface area contributed by atoms with Crippen molar-refractivity contribution < 1.29 is 23.1 Å². The van der Waals surface area contributed by atoms with Crippen molar-refractivity contribution in [3.05, 3.63) is 63.9 Å². The second kappa shape index (κ2) is 11.8. The molecule has 4 aromatic rings. The van der Waals surface area contributed by atoms with Crippen molar-refractivity contribution in [1.82, 2.24) is 15.0 Å². The monoisotopic (exact) mass is 635 g/mol. The minimum Gasteiger partial charge on any atom is -0.481 e. The van der Waals surface area contributed by atoms with Crippen LogP contribution in [0.2, 0.25) is 15.1 Å². The molecule has 214 valence electrons. The fraction of sp³-hybridized carbons (Fsp3) is 0.259. The summed E-state index contributed by atoms with van der Waals surface area (Å²) < 4.78 is 33.9. The number of halogens is 3. The fourth-order valence-corrected chi connectivity index (χ4v) is 6.91. The maximum Gasteiger partial charge on any atom is 0.306 e. The first-order valence-corrected chi connectivity index (χ1v) is 15.1. The summed E-state index contributed by atoms with van der Waals surface area (Å²) in [5.41, 5.74) is 1.83. The van der Waals surface area contributed by atoms with E-state index in [0.29, 0.717) is 40.5 Å². The molecule has 2 aromatic carbocycles. The first kappa shape index (κ1) is 29.1. The van der Waals surface area contributed by atoms with Gasteiger partial charge in [-0.2, -0.15) is 0 Å². The SMILES string of the molecule is COc1ncc(Cl)cc1S(=O)(=O)Nc1ccc(Cl)c(-c2ccc3nc(NC4CCC(C(=O)O)CC4)ncc3c2)c1Cl. The summed E-state index contributed by atoms with van der Waals surface area (Å²) >= 11 is 19.2. The van der Waals surface area contributed by atoms with Crippen LogP contribution in [-0.2, 0) is 14.8 Å². The molecule has 2 aromatic heterocycles. The topological polar surface area (TPSA) is 143 Å². The van der Waals surface area contributed by atoms with Crippen LogP contribution in [0, 0.1) is 5.92 Å². The highest BCUT2D eigenvalue weighted by Gasteiger charge is 2.27. The molecule has 0 amide bonds. The van der Waals surface area contributed by atoms with Crippen LogP contribution in [0.5, 0.6) is 5.88 Å². The Morgan fingerprint density at radius 3 is 2.49 bits per heavy atom. The fourth-order valence-electron chi connectivity index (χ4n) is 4.78. The number of hydrogen-bond acceptors (Lipinski definition) is 8. The van der Waals surface area contributed by atoms with E-state index in [0.717, 1.165) is 18.2 Å². The number of sulfonamides is 1. The van der Waals surface area contributed by atoms with E-state index in [9.17, 15) is 18.3 Å². The first-order chi connectivity index (χ1) is 19.6. The van der Waals surface area contributed by atoms with Gasteiger partial charge in [-0.1, -0.05) is 40.9 Å². The number of hydrogen-bond donors (Lipinski definition) is 3. The van der Waals surface area contributed by atoms with E-state index in [1.807, 2.05) is 6.07 Å². The number of aromatic nitrogens is 3. The van der Waals surface area contributed by atoms with Gasteiger partial charge in [0.2, 0.25) is 11.8 Å². The molecule has 14 heteroatoms. The molecular formula is C27H24Cl3N5O5S. The maximum atomic E-state index is 13.2. The van der Waals surface area contributed by atoms with Gasteiger partial charge in [-0.25, -0.2) is 23.4 Å². The van der Waals surface area contributed by atoms with E-state index in [4.69, 9.17) is 39.5 Å². The number of methoxy groups -OCH3 is 1. The summed E-state index contributed by atoms with van der Waals surface area (Å²) in [7, 11) is -2.87. The van der Waals surface area contributed by atoms with Crippen LogP contribution in [0.4, 0.5) is 11.6 Å². The predicted molar refractivity (Wildman–Crippen MR) is 159 cm³/mol. The van der Waals surface area contributed by atoms with Crippen LogP contribution in [0.15, 0.2) is 53.7 Å². The summed E-state index contributed by atoms with van der Waals surface area (Å²) in [6.07, 6.45) is 5.64. The lowest BCUT2D eigenvalue weighted by molar-refractivity contribution is -0.142. The normalized spacial score (nSPS) is 17.3. The van der Waals surface area contributed by atoms with Crippen molar-refractivity contribution in [3.8, 4) is 17.0 Å². The average Bonchev–Trinajstić information content (AvgIpc) is 2.95. The minimum atomic E-state index is -4.18. The second-order valence-electron chi connectivity index (χ2n) is 9.55. The number of ether oxygens (including phenoxy) is 1. The molecule has 0 saturated heterocycles. The molecule has 5 rings (SSSR count). The summed E-state index contributed by atoms with van der Waals surface area (Å²) in [6, 6.07) is 9.73. The Balaban J connectivity index is 1.40.